The second kappa shape index (κ2) is 9.00. The minimum Gasteiger partial charge on any atom is -0.419 e. The van der Waals surface area contributed by atoms with E-state index in [2.05, 4.69) is 15.3 Å². The Labute approximate surface area is 212 Å². The smallest absolute Gasteiger partial charge is 0.269 e. The van der Waals surface area contributed by atoms with Crippen molar-refractivity contribution in [2.24, 2.45) is 0 Å². The van der Waals surface area contributed by atoms with Crippen LogP contribution in [0.5, 0.6) is 0 Å². The number of hydrogen-bond acceptors (Lipinski definition) is 6. The molecule has 2 aromatic carbocycles. The van der Waals surface area contributed by atoms with Crippen LogP contribution in [-0.2, 0) is 15.3 Å². The molecule has 0 spiro atoms. The number of aromatic nitrogens is 4. The molecule has 2 heterocycles. The minimum atomic E-state index is -3.81. The lowest BCUT2D eigenvalue weighted by Gasteiger charge is -2.12. The van der Waals surface area contributed by atoms with Gasteiger partial charge in [0.15, 0.2) is 15.5 Å². The van der Waals surface area contributed by atoms with Gasteiger partial charge in [-0.1, -0.05) is 74.6 Å². The molecule has 0 aliphatic rings. The van der Waals surface area contributed by atoms with E-state index in [1.807, 2.05) is 20.8 Å². The number of rotatable bonds is 5. The Morgan fingerprint density at radius 1 is 0.971 bits per heavy atom. The maximum atomic E-state index is 13.4. The molecule has 7 nitrogen and oxygen atoms in total. The first kappa shape index (κ1) is 24.7. The first-order valence-corrected chi connectivity index (χ1v) is 13.1. The van der Waals surface area contributed by atoms with Crippen molar-refractivity contribution >= 4 is 44.6 Å². The molecule has 0 atom stereocenters. The molecule has 0 fully saturated rings. The van der Waals surface area contributed by atoms with Gasteiger partial charge in [0.25, 0.3) is 5.89 Å². The van der Waals surface area contributed by atoms with Crippen LogP contribution in [-0.4, -0.2) is 34.1 Å². The van der Waals surface area contributed by atoms with E-state index < -0.39 is 15.3 Å². The Balaban J connectivity index is 2.12. The summed E-state index contributed by atoms with van der Waals surface area (Å²) in [6, 6.07) is 11.6. The van der Waals surface area contributed by atoms with Crippen LogP contribution in [0.4, 0.5) is 0 Å². The summed E-state index contributed by atoms with van der Waals surface area (Å²) >= 11 is 18.7. The Hall–Kier alpha value is -2.39. The zero-order chi connectivity index (χ0) is 24.8. The molecule has 4 aromatic rings. The van der Waals surface area contributed by atoms with Crippen molar-refractivity contribution < 1.29 is 12.8 Å². The average molecular weight is 540 g/mol. The molecular weight excluding hydrogens is 519 g/mol. The third kappa shape index (κ3) is 4.60. The van der Waals surface area contributed by atoms with E-state index >= 15 is 0 Å². The van der Waals surface area contributed by atoms with Crippen molar-refractivity contribution in [1.29, 1.82) is 0 Å². The fraction of sp³-hybridized carbons (Fsp3) is 0.261. The molecule has 0 N–H and O–H groups in total. The first-order valence-electron chi connectivity index (χ1n) is 10.3. The Morgan fingerprint density at radius 3 is 2.18 bits per heavy atom. The molecule has 0 aliphatic heterocycles. The summed E-state index contributed by atoms with van der Waals surface area (Å²) in [5.41, 5.74) is 0.909. The first-order chi connectivity index (χ1) is 15.9. The topological polar surface area (TPSA) is 90.9 Å². The number of nitrogens with zero attached hydrogens (tertiary/aromatic N) is 4. The quantitative estimate of drug-likeness (QED) is 0.282. The summed E-state index contributed by atoms with van der Waals surface area (Å²) in [5, 5.41) is 14.1. The van der Waals surface area contributed by atoms with Crippen LogP contribution in [0.25, 0.3) is 28.5 Å². The zero-order valence-corrected chi connectivity index (χ0v) is 21.9. The molecule has 0 amide bonds. The van der Waals surface area contributed by atoms with Gasteiger partial charge in [0.1, 0.15) is 4.90 Å². The van der Waals surface area contributed by atoms with Gasteiger partial charge < -0.3 is 4.42 Å². The molecule has 2 aromatic heterocycles. The fourth-order valence-corrected chi connectivity index (χ4v) is 5.12. The summed E-state index contributed by atoms with van der Waals surface area (Å²) in [5.74, 6) is 0.187. The second-order valence-corrected chi connectivity index (χ2v) is 12.1. The Bertz CT molecular complexity index is 1470. The summed E-state index contributed by atoms with van der Waals surface area (Å²) in [4.78, 5) is -0.0348. The van der Waals surface area contributed by atoms with Crippen LogP contribution in [0.2, 0.25) is 15.1 Å². The molecule has 0 saturated heterocycles. The van der Waals surface area contributed by atoms with Crippen molar-refractivity contribution in [3.05, 3.63) is 63.4 Å². The summed E-state index contributed by atoms with van der Waals surface area (Å²) in [6.45, 7) is 7.31. The van der Waals surface area contributed by atoms with Crippen LogP contribution in [0.1, 0.15) is 33.6 Å². The van der Waals surface area contributed by atoms with E-state index in [-0.39, 0.29) is 27.3 Å². The lowest BCUT2D eigenvalue weighted by molar-refractivity contribution is 0.398. The molecule has 0 saturated carbocycles. The molecule has 34 heavy (non-hydrogen) atoms. The Kier molecular flexibility index (Phi) is 6.54. The van der Waals surface area contributed by atoms with Crippen LogP contribution in [0, 0.1) is 0 Å². The molecular formula is C23H21Cl3N4O3S. The van der Waals surface area contributed by atoms with Crippen molar-refractivity contribution in [2.45, 2.75) is 38.0 Å². The molecule has 0 bridgehead atoms. The van der Waals surface area contributed by atoms with Gasteiger partial charge in [-0.2, -0.15) is 5.10 Å². The van der Waals surface area contributed by atoms with Gasteiger partial charge in [0, 0.05) is 21.0 Å². The van der Waals surface area contributed by atoms with E-state index in [4.69, 9.17) is 39.2 Å². The van der Waals surface area contributed by atoms with Crippen LogP contribution in [0.15, 0.2) is 51.8 Å². The van der Waals surface area contributed by atoms with Gasteiger partial charge in [-0.3, -0.25) is 0 Å². The largest absolute Gasteiger partial charge is 0.419 e. The molecule has 0 aliphatic carbocycles. The van der Waals surface area contributed by atoms with Gasteiger partial charge in [-0.15, -0.1) is 10.2 Å². The normalized spacial score (nSPS) is 12.3. The van der Waals surface area contributed by atoms with Crippen molar-refractivity contribution in [2.75, 3.05) is 5.75 Å². The van der Waals surface area contributed by atoms with Crippen LogP contribution < -0.4 is 0 Å². The lowest BCUT2D eigenvalue weighted by Crippen LogP contribution is -2.11. The monoisotopic (exact) mass is 538 g/mol. The molecule has 0 unspecified atom stereocenters. The second-order valence-electron chi connectivity index (χ2n) is 8.61. The fourth-order valence-electron chi connectivity index (χ4n) is 3.29. The summed E-state index contributed by atoms with van der Waals surface area (Å²) in [6.07, 6.45) is 0. The highest BCUT2D eigenvalue weighted by atomic mass is 35.5. The van der Waals surface area contributed by atoms with E-state index in [1.54, 1.807) is 49.4 Å². The van der Waals surface area contributed by atoms with Gasteiger partial charge in [-0.25, -0.2) is 13.1 Å². The molecule has 4 rings (SSSR count). The number of benzene rings is 2. The van der Waals surface area contributed by atoms with E-state index in [9.17, 15) is 8.42 Å². The predicted octanol–water partition coefficient (Wildman–Crippen LogP) is 6.64. The third-order valence-electron chi connectivity index (χ3n) is 5.06. The van der Waals surface area contributed by atoms with Gasteiger partial charge >= 0.3 is 0 Å². The highest BCUT2D eigenvalue weighted by Crippen LogP contribution is 2.40. The average Bonchev–Trinajstić information content (AvgIpc) is 3.40. The van der Waals surface area contributed by atoms with Crippen LogP contribution >= 0.6 is 34.8 Å². The third-order valence-corrected chi connectivity index (χ3v) is 7.62. The SMILES string of the molecule is CCS(=O)(=O)c1c(-c2nnc(C(C)(C)C)o2)nn(-c2ccc(Cl)cc2Cl)c1-c1ccc(Cl)cc1. The van der Waals surface area contributed by atoms with Crippen LogP contribution in [0.3, 0.4) is 0 Å². The van der Waals surface area contributed by atoms with E-state index in [0.29, 0.717) is 32.9 Å². The van der Waals surface area contributed by atoms with Gasteiger partial charge in [-0.05, 0) is 30.3 Å². The number of hydrogen-bond donors (Lipinski definition) is 0. The zero-order valence-electron chi connectivity index (χ0n) is 18.8. The highest BCUT2D eigenvalue weighted by Gasteiger charge is 2.34. The summed E-state index contributed by atoms with van der Waals surface area (Å²) in [7, 11) is -3.81. The van der Waals surface area contributed by atoms with Gasteiger partial charge in [0.2, 0.25) is 5.89 Å². The van der Waals surface area contributed by atoms with E-state index in [0.717, 1.165) is 0 Å². The number of sulfone groups is 1. The molecule has 0 radical (unpaired) electrons. The van der Waals surface area contributed by atoms with Crippen molar-refractivity contribution in [1.82, 2.24) is 20.0 Å². The van der Waals surface area contributed by atoms with Gasteiger partial charge in [0.05, 0.1) is 22.2 Å². The Morgan fingerprint density at radius 2 is 1.62 bits per heavy atom. The standard InChI is InChI=1S/C23H21Cl3N4O3S/c1-5-34(31,32)20-18(21-27-28-22(33-21)23(2,3)4)29-30(17-11-10-15(25)12-16(17)26)19(20)13-6-8-14(24)9-7-13/h6-12H,5H2,1-4H3. The molecule has 11 heteroatoms. The van der Waals surface area contributed by atoms with E-state index in [1.165, 1.54) is 4.68 Å². The number of halogens is 3. The predicted molar refractivity (Wildman–Crippen MR) is 134 cm³/mol. The minimum absolute atomic E-state index is 0.00370. The van der Waals surface area contributed by atoms with Crippen molar-refractivity contribution in [3.63, 3.8) is 0 Å². The lowest BCUT2D eigenvalue weighted by atomic mass is 9.97. The maximum Gasteiger partial charge on any atom is 0.269 e. The highest BCUT2D eigenvalue weighted by molar-refractivity contribution is 7.91. The maximum absolute atomic E-state index is 13.4. The summed E-state index contributed by atoms with van der Waals surface area (Å²) < 4.78 is 34.2. The van der Waals surface area contributed by atoms with Crippen molar-refractivity contribution in [3.8, 4) is 28.5 Å². The molecule has 178 valence electrons.